The average molecular weight is 527 g/mol. The molecule has 8 rings (SSSR count). The van der Waals surface area contributed by atoms with Gasteiger partial charge in [-0.2, -0.15) is 0 Å². The van der Waals surface area contributed by atoms with Crippen LogP contribution in [0.4, 0.5) is 11.4 Å². The summed E-state index contributed by atoms with van der Waals surface area (Å²) in [5.41, 5.74) is 13.6. The quantitative estimate of drug-likeness (QED) is 0.241. The zero-order valence-electron chi connectivity index (χ0n) is 23.2. The number of hydrogen-bond donors (Lipinski definition) is 1. The summed E-state index contributed by atoms with van der Waals surface area (Å²) >= 11 is 0. The summed E-state index contributed by atoms with van der Waals surface area (Å²) < 4.78 is 2.36. The highest BCUT2D eigenvalue weighted by Gasteiger charge is 2.37. The molecule has 2 heteroatoms. The maximum atomic E-state index is 3.79. The van der Waals surface area contributed by atoms with Gasteiger partial charge in [0.15, 0.2) is 0 Å². The van der Waals surface area contributed by atoms with Crippen LogP contribution in [0.1, 0.15) is 25.0 Å². The first-order valence-electron chi connectivity index (χ1n) is 14.3. The van der Waals surface area contributed by atoms with Crippen LogP contribution in [0.5, 0.6) is 0 Å². The van der Waals surface area contributed by atoms with Crippen molar-refractivity contribution in [3.8, 4) is 27.9 Å². The van der Waals surface area contributed by atoms with E-state index < -0.39 is 0 Å². The van der Waals surface area contributed by atoms with Crippen LogP contribution >= 0.6 is 0 Å². The Balaban J connectivity index is 1.21. The summed E-state index contributed by atoms with van der Waals surface area (Å²) in [4.78, 5) is 0. The van der Waals surface area contributed by atoms with Crippen LogP contribution in [0, 0.1) is 0 Å². The van der Waals surface area contributed by atoms with E-state index in [1.807, 2.05) is 0 Å². The lowest BCUT2D eigenvalue weighted by Gasteiger charge is -2.25. The smallest absolute Gasteiger partial charge is 0.0541 e. The van der Waals surface area contributed by atoms with Crippen LogP contribution in [-0.2, 0) is 5.41 Å². The number of aromatic nitrogens is 1. The molecule has 2 nitrogen and oxygen atoms in total. The lowest BCUT2D eigenvalue weighted by atomic mass is 9.81. The molecule has 0 aliphatic heterocycles. The fourth-order valence-corrected chi connectivity index (χ4v) is 6.89. The van der Waals surface area contributed by atoms with Gasteiger partial charge < -0.3 is 9.88 Å². The highest BCUT2D eigenvalue weighted by atomic mass is 15.0. The maximum absolute atomic E-state index is 3.79. The Morgan fingerprint density at radius 3 is 2.15 bits per heavy atom. The molecule has 41 heavy (non-hydrogen) atoms. The first-order valence-corrected chi connectivity index (χ1v) is 14.3. The van der Waals surface area contributed by atoms with Crippen LogP contribution in [0.2, 0.25) is 0 Å². The Labute approximate surface area is 240 Å². The van der Waals surface area contributed by atoms with Crippen molar-refractivity contribution in [2.75, 3.05) is 5.32 Å². The van der Waals surface area contributed by atoms with Gasteiger partial charge >= 0.3 is 0 Å². The van der Waals surface area contributed by atoms with Gasteiger partial charge in [0.25, 0.3) is 0 Å². The second-order valence-corrected chi connectivity index (χ2v) is 11.5. The molecule has 196 valence electrons. The fourth-order valence-electron chi connectivity index (χ4n) is 6.89. The van der Waals surface area contributed by atoms with Gasteiger partial charge in [0.1, 0.15) is 0 Å². The number of fused-ring (bicyclic) bond motifs is 6. The van der Waals surface area contributed by atoms with Crippen molar-refractivity contribution in [1.82, 2.24) is 4.57 Å². The Bertz CT molecular complexity index is 2100. The first kappa shape index (κ1) is 23.8. The van der Waals surface area contributed by atoms with E-state index in [-0.39, 0.29) is 5.41 Å². The number of benzene rings is 6. The minimum absolute atomic E-state index is 0.0644. The third kappa shape index (κ3) is 3.64. The number of para-hydroxylation sites is 2. The van der Waals surface area contributed by atoms with Crippen molar-refractivity contribution in [2.45, 2.75) is 19.3 Å². The van der Waals surface area contributed by atoms with Gasteiger partial charge in [0.05, 0.1) is 11.0 Å². The highest BCUT2D eigenvalue weighted by molar-refractivity contribution is 6.10. The third-order valence-corrected chi connectivity index (χ3v) is 8.74. The molecule has 0 atom stereocenters. The van der Waals surface area contributed by atoms with Crippen LogP contribution in [0.25, 0.3) is 49.7 Å². The van der Waals surface area contributed by atoms with Crippen LogP contribution in [0.15, 0.2) is 140 Å². The van der Waals surface area contributed by atoms with E-state index >= 15 is 0 Å². The second-order valence-electron chi connectivity index (χ2n) is 11.5. The molecule has 6 aromatic carbocycles. The van der Waals surface area contributed by atoms with Crippen molar-refractivity contribution in [3.63, 3.8) is 0 Å². The molecular weight excluding hydrogens is 496 g/mol. The number of rotatable bonds is 4. The SMILES string of the molecule is CC1(C)c2ccccc2-c2cccc(Nc3cccc(-c4ccc5c(c4)c4ccccc4n5-c4ccccc4)c3)c21. The number of nitrogens with one attached hydrogen (secondary N) is 1. The van der Waals surface area contributed by atoms with E-state index in [0.29, 0.717) is 0 Å². The molecule has 7 aromatic rings. The standard InChI is InChI=1S/C39H30N2/c1-39(2)34-19-8-6-16-30(34)32-18-11-20-35(38(32)39)40-28-13-10-12-26(24-28)27-22-23-37-33(25-27)31-17-7-9-21-36(31)41(37)29-14-4-3-5-15-29/h3-25,40H,1-2H3. The van der Waals surface area contributed by atoms with Crippen LogP contribution in [0.3, 0.4) is 0 Å². The van der Waals surface area contributed by atoms with Gasteiger partial charge in [-0.25, -0.2) is 0 Å². The monoisotopic (exact) mass is 526 g/mol. The van der Waals surface area contributed by atoms with Gasteiger partial charge in [-0.1, -0.05) is 105 Å². The maximum Gasteiger partial charge on any atom is 0.0541 e. The lowest BCUT2D eigenvalue weighted by Crippen LogP contribution is -2.16. The van der Waals surface area contributed by atoms with E-state index in [1.54, 1.807) is 0 Å². The zero-order chi connectivity index (χ0) is 27.6. The zero-order valence-corrected chi connectivity index (χ0v) is 23.2. The molecule has 0 fully saturated rings. The number of hydrogen-bond acceptors (Lipinski definition) is 1. The molecular formula is C39H30N2. The third-order valence-electron chi connectivity index (χ3n) is 8.74. The van der Waals surface area contributed by atoms with Gasteiger partial charge in [-0.3, -0.25) is 0 Å². The van der Waals surface area contributed by atoms with Crippen molar-refractivity contribution >= 4 is 33.2 Å². The topological polar surface area (TPSA) is 17.0 Å². The van der Waals surface area contributed by atoms with Gasteiger partial charge in [-0.15, -0.1) is 0 Å². The van der Waals surface area contributed by atoms with E-state index in [4.69, 9.17) is 0 Å². The van der Waals surface area contributed by atoms with E-state index in [0.717, 1.165) is 5.69 Å². The number of nitrogens with zero attached hydrogens (tertiary/aromatic N) is 1. The summed E-state index contributed by atoms with van der Waals surface area (Å²) in [6, 6.07) is 50.4. The number of anilines is 2. The largest absolute Gasteiger partial charge is 0.355 e. The van der Waals surface area contributed by atoms with Crippen molar-refractivity contribution < 1.29 is 0 Å². The summed E-state index contributed by atoms with van der Waals surface area (Å²) in [6.07, 6.45) is 0. The van der Waals surface area contributed by atoms with E-state index in [2.05, 4.69) is 163 Å². The Morgan fingerprint density at radius 1 is 0.537 bits per heavy atom. The van der Waals surface area contributed by atoms with Crippen molar-refractivity contribution in [3.05, 3.63) is 151 Å². The molecule has 0 spiro atoms. The first-order chi connectivity index (χ1) is 20.1. The molecule has 0 amide bonds. The van der Waals surface area contributed by atoms with Crippen molar-refractivity contribution in [1.29, 1.82) is 0 Å². The van der Waals surface area contributed by atoms with E-state index in [1.165, 1.54) is 66.6 Å². The summed E-state index contributed by atoms with van der Waals surface area (Å²) in [5, 5.41) is 6.33. The summed E-state index contributed by atoms with van der Waals surface area (Å²) in [6.45, 7) is 4.67. The molecule has 0 bridgehead atoms. The molecule has 1 N–H and O–H groups in total. The highest BCUT2D eigenvalue weighted by Crippen LogP contribution is 2.51. The Morgan fingerprint density at radius 2 is 1.24 bits per heavy atom. The minimum Gasteiger partial charge on any atom is -0.355 e. The molecule has 1 aliphatic rings. The molecule has 0 saturated heterocycles. The Hall–Kier alpha value is -5.08. The average Bonchev–Trinajstić information content (AvgIpc) is 3.47. The summed E-state index contributed by atoms with van der Waals surface area (Å²) in [7, 11) is 0. The summed E-state index contributed by atoms with van der Waals surface area (Å²) in [5.74, 6) is 0. The van der Waals surface area contributed by atoms with Crippen LogP contribution in [-0.4, -0.2) is 4.57 Å². The predicted octanol–water partition coefficient (Wildman–Crippen LogP) is 10.5. The van der Waals surface area contributed by atoms with Gasteiger partial charge in [-0.05, 0) is 81.9 Å². The van der Waals surface area contributed by atoms with E-state index in [9.17, 15) is 0 Å². The predicted molar refractivity (Wildman–Crippen MR) is 174 cm³/mol. The van der Waals surface area contributed by atoms with Crippen molar-refractivity contribution in [2.24, 2.45) is 0 Å². The molecule has 0 radical (unpaired) electrons. The minimum atomic E-state index is -0.0644. The molecule has 1 aromatic heterocycles. The van der Waals surface area contributed by atoms with Gasteiger partial charge in [0.2, 0.25) is 0 Å². The normalized spacial score (nSPS) is 13.3. The molecule has 1 heterocycles. The van der Waals surface area contributed by atoms with Gasteiger partial charge in [0, 0.05) is 33.2 Å². The van der Waals surface area contributed by atoms with Crippen LogP contribution < -0.4 is 5.32 Å². The Kier molecular flexibility index (Phi) is 5.20. The molecule has 0 unspecified atom stereocenters. The lowest BCUT2D eigenvalue weighted by molar-refractivity contribution is 0.662. The fraction of sp³-hybridized carbons (Fsp3) is 0.0769. The second kappa shape index (κ2) is 8.97. The molecule has 1 aliphatic carbocycles. The molecule has 0 saturated carbocycles.